The van der Waals surface area contributed by atoms with Crippen LogP contribution in [0.2, 0.25) is 0 Å². The van der Waals surface area contributed by atoms with E-state index >= 15 is 0 Å². The van der Waals surface area contributed by atoms with Crippen LogP contribution in [0.4, 0.5) is 0 Å². The molecule has 12 heteroatoms. The van der Waals surface area contributed by atoms with Crippen LogP contribution in [0.3, 0.4) is 0 Å². The Morgan fingerprint density at radius 3 is 2.05 bits per heavy atom. The zero-order valence-electron chi connectivity index (χ0n) is 26.2. The maximum Gasteiger partial charge on any atom is 0.379 e. The number of hydrogen-bond acceptors (Lipinski definition) is 11. The number of allylic oxidation sites excluding steroid dienone is 6. The summed E-state index contributed by atoms with van der Waals surface area (Å²) in [6.45, 7) is 4.74. The molecule has 12 nitrogen and oxygen atoms in total. The van der Waals surface area contributed by atoms with Crippen LogP contribution in [0, 0.1) is 10.1 Å². The Morgan fingerprint density at radius 1 is 0.864 bits per heavy atom. The molecule has 244 valence electrons. The molecule has 0 N–H and O–H groups in total. The van der Waals surface area contributed by atoms with Crippen molar-refractivity contribution in [2.45, 2.75) is 116 Å². The highest BCUT2D eigenvalue weighted by Gasteiger charge is 2.42. The third kappa shape index (κ3) is 17.9. The molecule has 0 saturated carbocycles. The van der Waals surface area contributed by atoms with Crippen molar-refractivity contribution in [2.24, 2.45) is 9.98 Å². The second kappa shape index (κ2) is 22.6. The molecular formula is C32H47N3O9. The van der Waals surface area contributed by atoms with Crippen molar-refractivity contribution in [1.82, 2.24) is 0 Å². The SMILES string of the molecule is CCCCC/C=C\C/C=C\C/C=C\CCCCC(=O)O[C@@H](C)COC(=O)CCC(=O)OCCC(=O)C1(C)N=CC([N+](=O)[O-])=N1. The molecule has 0 radical (unpaired) electrons. The Hall–Kier alpha value is -3.96. The molecule has 1 aliphatic rings. The van der Waals surface area contributed by atoms with E-state index in [4.69, 9.17) is 14.2 Å². The monoisotopic (exact) mass is 617 g/mol. The quantitative estimate of drug-likeness (QED) is 0.0344. The second-order valence-corrected chi connectivity index (χ2v) is 10.5. The van der Waals surface area contributed by atoms with Crippen LogP contribution in [0.15, 0.2) is 46.4 Å². The average Bonchev–Trinajstić information content (AvgIpc) is 3.40. The summed E-state index contributed by atoms with van der Waals surface area (Å²) in [6.07, 6.45) is 22.1. The van der Waals surface area contributed by atoms with E-state index < -0.39 is 40.2 Å². The van der Waals surface area contributed by atoms with Gasteiger partial charge < -0.3 is 24.3 Å². The number of ether oxygens (including phenoxy) is 3. The minimum Gasteiger partial charge on any atom is -0.465 e. The van der Waals surface area contributed by atoms with E-state index in [1.807, 2.05) is 0 Å². The summed E-state index contributed by atoms with van der Waals surface area (Å²) in [4.78, 5) is 65.5. The van der Waals surface area contributed by atoms with E-state index in [-0.39, 0.29) is 44.9 Å². The van der Waals surface area contributed by atoms with Crippen molar-refractivity contribution in [3.8, 4) is 0 Å². The van der Waals surface area contributed by atoms with Gasteiger partial charge in [-0.3, -0.25) is 19.2 Å². The molecule has 44 heavy (non-hydrogen) atoms. The van der Waals surface area contributed by atoms with E-state index in [9.17, 15) is 29.3 Å². The molecule has 0 bridgehead atoms. The Kier molecular flexibility index (Phi) is 19.5. The number of nitro groups is 1. The van der Waals surface area contributed by atoms with E-state index in [1.165, 1.54) is 26.2 Å². The number of Topliss-reactive ketones (excluding diaryl/α,β-unsaturated/α-hetero) is 1. The van der Waals surface area contributed by atoms with Gasteiger partial charge in [-0.1, -0.05) is 56.2 Å². The summed E-state index contributed by atoms with van der Waals surface area (Å²) in [5.74, 6) is -2.80. The normalized spacial score (nSPS) is 16.8. The summed E-state index contributed by atoms with van der Waals surface area (Å²) in [5.41, 5.74) is -1.61. The molecule has 0 aromatic carbocycles. The Morgan fingerprint density at radius 2 is 1.45 bits per heavy atom. The van der Waals surface area contributed by atoms with Gasteiger partial charge >= 0.3 is 23.7 Å². The summed E-state index contributed by atoms with van der Waals surface area (Å²) in [5, 5.41) is 10.7. The Bertz CT molecular complexity index is 1090. The van der Waals surface area contributed by atoms with Crippen LogP contribution in [0.25, 0.3) is 0 Å². The highest BCUT2D eigenvalue weighted by Crippen LogP contribution is 2.20. The van der Waals surface area contributed by atoms with E-state index in [0.29, 0.717) is 6.42 Å². The zero-order chi connectivity index (χ0) is 32.6. The number of unbranched alkanes of at least 4 members (excludes halogenated alkanes) is 5. The molecule has 2 atom stereocenters. The van der Waals surface area contributed by atoms with Gasteiger partial charge in [-0.05, 0) is 61.8 Å². The standard InChI is InChI=1S/C32H47N3O9/c1-4-5-6-7-8-9-10-11-12-13-14-15-16-17-18-19-31(39)44-26(2)25-43-30(38)21-20-29(37)42-23-22-27(36)32(3)33-24-28(34-32)35(40)41/h8-9,11-12,14-15,24,26H,4-7,10,13,16-23,25H2,1-3H3/b9-8-,12-11-,15-14-/t26-,32?/m0/s1. The smallest absolute Gasteiger partial charge is 0.379 e. The number of amidine groups is 1. The van der Waals surface area contributed by atoms with E-state index in [0.717, 1.165) is 38.3 Å². The summed E-state index contributed by atoms with van der Waals surface area (Å²) >= 11 is 0. The molecule has 0 aliphatic carbocycles. The largest absolute Gasteiger partial charge is 0.465 e. The van der Waals surface area contributed by atoms with Crippen LogP contribution < -0.4 is 0 Å². The molecule has 0 amide bonds. The Labute approximate surface area is 259 Å². The first-order valence-corrected chi connectivity index (χ1v) is 15.4. The van der Waals surface area contributed by atoms with Crippen LogP contribution in [0.1, 0.15) is 104 Å². The number of ketones is 1. The lowest BCUT2D eigenvalue weighted by Gasteiger charge is -2.13. The first-order valence-electron chi connectivity index (χ1n) is 15.4. The second-order valence-electron chi connectivity index (χ2n) is 10.5. The van der Waals surface area contributed by atoms with Crippen LogP contribution >= 0.6 is 0 Å². The highest BCUT2D eigenvalue weighted by atomic mass is 16.6. The molecule has 1 unspecified atom stereocenters. The third-order valence-corrected chi connectivity index (χ3v) is 6.44. The molecule has 0 saturated heterocycles. The minimum atomic E-state index is -1.61. The van der Waals surface area contributed by atoms with Crippen molar-refractivity contribution in [2.75, 3.05) is 13.2 Å². The highest BCUT2D eigenvalue weighted by molar-refractivity contribution is 6.28. The molecule has 0 spiro atoms. The number of aliphatic imine (C=N–C) groups is 2. The number of nitrogens with zero attached hydrogens (tertiary/aromatic N) is 3. The van der Waals surface area contributed by atoms with E-state index in [2.05, 4.69) is 53.4 Å². The first-order chi connectivity index (χ1) is 21.1. The molecule has 0 aromatic heterocycles. The van der Waals surface area contributed by atoms with Gasteiger partial charge in [0.05, 0.1) is 19.4 Å². The van der Waals surface area contributed by atoms with Crippen molar-refractivity contribution < 1.29 is 38.3 Å². The fraction of sp³-hybridized carbons (Fsp3) is 0.625. The van der Waals surface area contributed by atoms with E-state index in [1.54, 1.807) is 6.92 Å². The zero-order valence-corrected chi connectivity index (χ0v) is 26.2. The topological polar surface area (TPSA) is 164 Å². The predicted octanol–water partition coefficient (Wildman–Crippen LogP) is 5.81. The van der Waals surface area contributed by atoms with Crippen molar-refractivity contribution in [3.63, 3.8) is 0 Å². The number of carbonyl (C=O) groups excluding carboxylic acids is 4. The molecule has 0 fully saturated rings. The lowest BCUT2D eigenvalue weighted by atomic mass is 10.1. The van der Waals surface area contributed by atoms with Gasteiger partial charge in [-0.15, -0.1) is 0 Å². The number of rotatable bonds is 23. The first kappa shape index (κ1) is 38.1. The van der Waals surface area contributed by atoms with Gasteiger partial charge in [0.25, 0.3) is 5.66 Å². The number of hydrogen-bond donors (Lipinski definition) is 0. The maximum atomic E-state index is 12.2. The van der Waals surface area contributed by atoms with Crippen molar-refractivity contribution >= 4 is 35.7 Å². The van der Waals surface area contributed by atoms with Crippen molar-refractivity contribution in [1.29, 1.82) is 0 Å². The fourth-order valence-electron chi connectivity index (χ4n) is 3.88. The molecule has 1 rings (SSSR count). The van der Waals surface area contributed by atoms with Crippen LogP contribution in [-0.4, -0.2) is 65.6 Å². The van der Waals surface area contributed by atoms with Gasteiger partial charge in [-0.25, -0.2) is 4.99 Å². The van der Waals surface area contributed by atoms with Crippen LogP contribution in [-0.2, 0) is 33.4 Å². The minimum absolute atomic E-state index is 0.134. The van der Waals surface area contributed by atoms with Gasteiger partial charge in [0.2, 0.25) is 5.78 Å². The molecular weight excluding hydrogens is 570 g/mol. The summed E-state index contributed by atoms with van der Waals surface area (Å²) in [7, 11) is 0. The van der Waals surface area contributed by atoms with Crippen LogP contribution in [0.5, 0.6) is 0 Å². The summed E-state index contributed by atoms with van der Waals surface area (Å²) < 4.78 is 15.3. The van der Waals surface area contributed by atoms with Crippen molar-refractivity contribution in [3.05, 3.63) is 46.6 Å². The lowest BCUT2D eigenvalue weighted by Crippen LogP contribution is -2.31. The average molecular weight is 618 g/mol. The van der Waals surface area contributed by atoms with Gasteiger partial charge in [-0.2, -0.15) is 0 Å². The predicted molar refractivity (Wildman–Crippen MR) is 167 cm³/mol. The molecule has 1 aliphatic heterocycles. The number of esters is 3. The lowest BCUT2D eigenvalue weighted by molar-refractivity contribution is -0.345. The maximum absolute atomic E-state index is 12.2. The number of carbonyl (C=O) groups is 4. The molecule has 0 aromatic rings. The molecule has 1 heterocycles. The van der Waals surface area contributed by atoms with Gasteiger partial charge in [0.1, 0.15) is 18.9 Å². The Balaban J connectivity index is 2.06. The fourth-order valence-corrected chi connectivity index (χ4v) is 3.88. The van der Waals surface area contributed by atoms with Gasteiger partial charge in [0, 0.05) is 19.8 Å². The summed E-state index contributed by atoms with van der Waals surface area (Å²) in [6, 6.07) is 0. The van der Waals surface area contributed by atoms with Gasteiger partial charge in [0.15, 0.2) is 0 Å². The third-order valence-electron chi connectivity index (χ3n) is 6.44.